The fourth-order valence-corrected chi connectivity index (χ4v) is 2.48. The number of ether oxygens (including phenoxy) is 1. The van der Waals surface area contributed by atoms with Crippen LogP contribution in [0.5, 0.6) is 5.75 Å². The molecule has 0 fully saturated rings. The van der Waals surface area contributed by atoms with Crippen LogP contribution >= 0.6 is 0 Å². The number of aryl methyl sites for hydroxylation is 2. The van der Waals surface area contributed by atoms with E-state index in [2.05, 4.69) is 10.6 Å². The van der Waals surface area contributed by atoms with Crippen molar-refractivity contribution in [2.24, 2.45) is 0 Å². The van der Waals surface area contributed by atoms with Gasteiger partial charge in [0.2, 0.25) is 0 Å². The van der Waals surface area contributed by atoms with Gasteiger partial charge in [-0.05, 0) is 43.0 Å². The summed E-state index contributed by atoms with van der Waals surface area (Å²) < 4.78 is 5.26. The Morgan fingerprint density at radius 3 is 2.29 bits per heavy atom. The summed E-state index contributed by atoms with van der Waals surface area (Å²) in [6.45, 7) is 4.14. The largest absolute Gasteiger partial charge is 0.496 e. The molecule has 0 unspecified atom stereocenters. The minimum atomic E-state index is -0.660. The Kier molecular flexibility index (Phi) is 5.95. The molecule has 0 aromatic heterocycles. The van der Waals surface area contributed by atoms with E-state index in [-0.39, 0.29) is 0 Å². The molecule has 2 amide bonds. The number of nitrogens with one attached hydrogen (secondary N) is 2. The molecule has 2 rings (SSSR count). The molecule has 0 aliphatic rings. The lowest BCUT2D eigenvalue weighted by molar-refractivity contribution is -0.136. The molecule has 24 heavy (non-hydrogen) atoms. The van der Waals surface area contributed by atoms with E-state index < -0.39 is 11.8 Å². The van der Waals surface area contributed by atoms with Crippen LogP contribution in [0, 0.1) is 13.8 Å². The maximum atomic E-state index is 12.0. The van der Waals surface area contributed by atoms with E-state index in [1.165, 1.54) is 0 Å². The molecular weight excluding hydrogens is 304 g/mol. The van der Waals surface area contributed by atoms with Crippen LogP contribution < -0.4 is 15.4 Å². The molecule has 5 heteroatoms. The van der Waals surface area contributed by atoms with E-state index in [1.807, 2.05) is 56.3 Å². The van der Waals surface area contributed by atoms with E-state index in [1.54, 1.807) is 7.11 Å². The number of anilines is 1. The molecule has 0 aliphatic carbocycles. The van der Waals surface area contributed by atoms with Gasteiger partial charge in [0.05, 0.1) is 7.11 Å². The summed E-state index contributed by atoms with van der Waals surface area (Å²) in [4.78, 5) is 24.0. The van der Waals surface area contributed by atoms with Crippen LogP contribution in [0.25, 0.3) is 0 Å². The van der Waals surface area contributed by atoms with Gasteiger partial charge in [0.25, 0.3) is 0 Å². The summed E-state index contributed by atoms with van der Waals surface area (Å²) >= 11 is 0. The van der Waals surface area contributed by atoms with Crippen LogP contribution in [0.1, 0.15) is 16.7 Å². The van der Waals surface area contributed by atoms with E-state index in [0.29, 0.717) is 18.7 Å². The van der Waals surface area contributed by atoms with Crippen molar-refractivity contribution in [3.63, 3.8) is 0 Å². The van der Waals surface area contributed by atoms with Gasteiger partial charge in [-0.15, -0.1) is 0 Å². The second kappa shape index (κ2) is 8.15. The minimum Gasteiger partial charge on any atom is -0.496 e. The van der Waals surface area contributed by atoms with Crippen molar-refractivity contribution in [3.8, 4) is 5.75 Å². The van der Waals surface area contributed by atoms with Gasteiger partial charge in [-0.3, -0.25) is 9.59 Å². The molecule has 0 atom stereocenters. The second-order valence-electron chi connectivity index (χ2n) is 5.54. The lowest BCUT2D eigenvalue weighted by Crippen LogP contribution is -2.36. The first-order valence-electron chi connectivity index (χ1n) is 7.80. The zero-order valence-corrected chi connectivity index (χ0v) is 14.2. The molecule has 2 N–H and O–H groups in total. The number of carbonyl (C=O) groups excluding carboxylic acids is 2. The van der Waals surface area contributed by atoms with Crippen LogP contribution in [0.4, 0.5) is 5.69 Å². The molecular formula is C19H22N2O3. The highest BCUT2D eigenvalue weighted by Gasteiger charge is 2.15. The number of rotatable bonds is 5. The fraction of sp³-hybridized carbons (Fsp3) is 0.263. The first-order valence-corrected chi connectivity index (χ1v) is 7.80. The molecule has 2 aromatic carbocycles. The zero-order valence-electron chi connectivity index (χ0n) is 14.2. The number of methoxy groups -OCH3 is 1. The Balaban J connectivity index is 1.89. The van der Waals surface area contributed by atoms with Crippen molar-refractivity contribution in [3.05, 3.63) is 59.2 Å². The Morgan fingerprint density at radius 1 is 0.958 bits per heavy atom. The number of benzene rings is 2. The molecule has 2 aromatic rings. The van der Waals surface area contributed by atoms with Crippen LogP contribution in [-0.4, -0.2) is 25.5 Å². The Labute approximate surface area is 142 Å². The molecule has 126 valence electrons. The number of carbonyl (C=O) groups is 2. The quantitative estimate of drug-likeness (QED) is 0.830. The minimum absolute atomic E-state index is 0.360. The van der Waals surface area contributed by atoms with Gasteiger partial charge in [-0.25, -0.2) is 0 Å². The molecule has 5 nitrogen and oxygen atoms in total. The van der Waals surface area contributed by atoms with Gasteiger partial charge in [0, 0.05) is 12.2 Å². The zero-order chi connectivity index (χ0) is 17.5. The van der Waals surface area contributed by atoms with Gasteiger partial charge in [0.1, 0.15) is 5.75 Å². The van der Waals surface area contributed by atoms with Crippen molar-refractivity contribution in [1.29, 1.82) is 0 Å². The molecule has 0 heterocycles. The maximum absolute atomic E-state index is 12.0. The predicted molar refractivity (Wildman–Crippen MR) is 94.3 cm³/mol. The fourth-order valence-electron chi connectivity index (χ4n) is 2.48. The average molecular weight is 326 g/mol. The summed E-state index contributed by atoms with van der Waals surface area (Å²) in [6, 6.07) is 13.3. The lowest BCUT2D eigenvalue weighted by atomic mass is 10.1. The van der Waals surface area contributed by atoms with Crippen LogP contribution in [0.15, 0.2) is 42.5 Å². The standard InChI is InChI=1S/C19H22N2O3/c1-13-7-6-8-14(2)17(13)21-19(23)18(22)20-12-11-15-9-4-5-10-16(15)24-3/h4-10H,11-12H2,1-3H3,(H,20,22)(H,21,23). The summed E-state index contributed by atoms with van der Waals surface area (Å²) in [5.74, 6) is -0.535. The monoisotopic (exact) mass is 326 g/mol. The average Bonchev–Trinajstić information content (AvgIpc) is 2.58. The van der Waals surface area contributed by atoms with Crippen LogP contribution in [0.2, 0.25) is 0 Å². The maximum Gasteiger partial charge on any atom is 0.313 e. The summed E-state index contributed by atoms with van der Waals surface area (Å²) in [5, 5.41) is 5.31. The van der Waals surface area contributed by atoms with Crippen molar-refractivity contribution in [2.45, 2.75) is 20.3 Å². The molecule has 0 radical (unpaired) electrons. The summed E-state index contributed by atoms with van der Waals surface area (Å²) in [6.07, 6.45) is 0.590. The van der Waals surface area contributed by atoms with Gasteiger partial charge >= 0.3 is 11.8 Å². The highest BCUT2D eigenvalue weighted by Crippen LogP contribution is 2.19. The summed E-state index contributed by atoms with van der Waals surface area (Å²) in [5.41, 5.74) is 3.51. The molecule has 0 saturated heterocycles. The third-order valence-corrected chi connectivity index (χ3v) is 3.80. The highest BCUT2D eigenvalue weighted by atomic mass is 16.5. The normalized spacial score (nSPS) is 10.1. The first-order chi connectivity index (χ1) is 11.5. The topological polar surface area (TPSA) is 67.4 Å². The molecule has 0 aliphatic heterocycles. The summed E-state index contributed by atoms with van der Waals surface area (Å²) in [7, 11) is 1.61. The number of hydrogen-bond acceptors (Lipinski definition) is 3. The van der Waals surface area contributed by atoms with E-state index >= 15 is 0 Å². The number of hydrogen-bond donors (Lipinski definition) is 2. The Morgan fingerprint density at radius 2 is 1.62 bits per heavy atom. The molecule has 0 bridgehead atoms. The highest BCUT2D eigenvalue weighted by molar-refractivity contribution is 6.39. The van der Waals surface area contributed by atoms with Crippen LogP contribution in [-0.2, 0) is 16.0 Å². The van der Waals surface area contributed by atoms with Crippen molar-refractivity contribution >= 4 is 17.5 Å². The molecule has 0 saturated carbocycles. The van der Waals surface area contributed by atoms with Gasteiger partial charge in [0.15, 0.2) is 0 Å². The van der Waals surface area contributed by atoms with E-state index in [0.717, 1.165) is 22.4 Å². The SMILES string of the molecule is COc1ccccc1CCNC(=O)C(=O)Nc1c(C)cccc1C. The predicted octanol–water partition coefficient (Wildman–Crippen LogP) is 2.61. The molecule has 0 spiro atoms. The smallest absolute Gasteiger partial charge is 0.313 e. The van der Waals surface area contributed by atoms with Gasteiger partial charge in [-0.2, -0.15) is 0 Å². The first kappa shape index (κ1) is 17.5. The Bertz CT molecular complexity index is 721. The lowest BCUT2D eigenvalue weighted by Gasteiger charge is -2.12. The van der Waals surface area contributed by atoms with E-state index in [9.17, 15) is 9.59 Å². The van der Waals surface area contributed by atoms with Gasteiger partial charge in [-0.1, -0.05) is 36.4 Å². The van der Waals surface area contributed by atoms with Crippen molar-refractivity contribution in [1.82, 2.24) is 5.32 Å². The van der Waals surface area contributed by atoms with Crippen molar-refractivity contribution in [2.75, 3.05) is 19.0 Å². The van der Waals surface area contributed by atoms with Crippen LogP contribution in [0.3, 0.4) is 0 Å². The van der Waals surface area contributed by atoms with Crippen molar-refractivity contribution < 1.29 is 14.3 Å². The second-order valence-corrected chi connectivity index (χ2v) is 5.54. The number of para-hydroxylation sites is 2. The van der Waals surface area contributed by atoms with E-state index in [4.69, 9.17) is 4.74 Å². The van der Waals surface area contributed by atoms with Gasteiger partial charge < -0.3 is 15.4 Å². The number of amides is 2. The third-order valence-electron chi connectivity index (χ3n) is 3.80. The Hall–Kier alpha value is -2.82. The third kappa shape index (κ3) is 4.35.